The van der Waals surface area contributed by atoms with E-state index in [4.69, 9.17) is 0 Å². The standard InChI is InChI=1S/C15H23N3O4S/c1-10-8-11(2)13(18(20)21)9-12(10)17-14(19)16-6-7-23(22)15(3,4)5/h8-9H,6-7H2,1-5H3,(H2,16,17,19). The Labute approximate surface area is 138 Å². The van der Waals surface area contributed by atoms with Crippen LogP contribution < -0.4 is 10.6 Å². The highest BCUT2D eigenvalue weighted by molar-refractivity contribution is 7.86. The first-order valence-electron chi connectivity index (χ1n) is 7.21. The zero-order chi connectivity index (χ0) is 17.8. The molecule has 0 spiro atoms. The number of nitrogens with one attached hydrogen (secondary N) is 2. The third-order valence-corrected chi connectivity index (χ3v) is 5.18. The van der Waals surface area contributed by atoms with Crippen molar-refractivity contribution in [1.82, 2.24) is 5.32 Å². The summed E-state index contributed by atoms with van der Waals surface area (Å²) in [6.07, 6.45) is 0. The van der Waals surface area contributed by atoms with Gasteiger partial charge in [0.2, 0.25) is 0 Å². The molecule has 7 nitrogen and oxygen atoms in total. The number of benzene rings is 1. The summed E-state index contributed by atoms with van der Waals surface area (Å²) in [7, 11) is -1.05. The second-order valence-corrected chi connectivity index (χ2v) is 8.58. The van der Waals surface area contributed by atoms with Crippen LogP contribution in [-0.2, 0) is 10.8 Å². The Kier molecular flexibility index (Phi) is 6.26. The summed E-state index contributed by atoms with van der Waals surface area (Å²) >= 11 is 0. The minimum Gasteiger partial charge on any atom is -0.337 e. The van der Waals surface area contributed by atoms with Gasteiger partial charge in [-0.15, -0.1) is 0 Å². The van der Waals surface area contributed by atoms with Crippen LogP contribution in [0.5, 0.6) is 0 Å². The van der Waals surface area contributed by atoms with Gasteiger partial charge in [0.15, 0.2) is 0 Å². The molecule has 1 aromatic carbocycles. The van der Waals surface area contributed by atoms with Gasteiger partial charge < -0.3 is 10.6 Å². The Morgan fingerprint density at radius 3 is 2.39 bits per heavy atom. The van der Waals surface area contributed by atoms with Gasteiger partial charge in [-0.1, -0.05) is 0 Å². The highest BCUT2D eigenvalue weighted by Crippen LogP contribution is 2.26. The van der Waals surface area contributed by atoms with E-state index in [9.17, 15) is 19.1 Å². The minimum atomic E-state index is -1.05. The maximum atomic E-state index is 11.9. The van der Waals surface area contributed by atoms with Gasteiger partial charge >= 0.3 is 6.03 Å². The van der Waals surface area contributed by atoms with Crippen LogP contribution in [0.1, 0.15) is 31.9 Å². The average Bonchev–Trinajstić information content (AvgIpc) is 2.40. The second-order valence-electron chi connectivity index (χ2n) is 6.25. The van der Waals surface area contributed by atoms with Crippen molar-refractivity contribution in [1.29, 1.82) is 0 Å². The van der Waals surface area contributed by atoms with E-state index in [1.807, 2.05) is 20.8 Å². The van der Waals surface area contributed by atoms with E-state index in [0.29, 0.717) is 17.0 Å². The largest absolute Gasteiger partial charge is 0.337 e. The fourth-order valence-electron chi connectivity index (χ4n) is 1.90. The van der Waals surface area contributed by atoms with Crippen molar-refractivity contribution in [3.63, 3.8) is 0 Å². The lowest BCUT2D eigenvalue weighted by Gasteiger charge is -2.17. The molecule has 0 aliphatic carbocycles. The molecule has 23 heavy (non-hydrogen) atoms. The summed E-state index contributed by atoms with van der Waals surface area (Å²) < 4.78 is 11.6. The quantitative estimate of drug-likeness (QED) is 0.635. The Balaban J connectivity index is 2.66. The molecule has 0 fully saturated rings. The van der Waals surface area contributed by atoms with Gasteiger partial charge in [-0.05, 0) is 46.2 Å². The number of nitrogens with zero attached hydrogens (tertiary/aromatic N) is 1. The summed E-state index contributed by atoms with van der Waals surface area (Å²) in [5.74, 6) is 0.351. The monoisotopic (exact) mass is 341 g/mol. The minimum absolute atomic E-state index is 0.0419. The van der Waals surface area contributed by atoms with Crippen LogP contribution in [0, 0.1) is 24.0 Å². The molecule has 1 rings (SSSR count). The molecule has 1 aromatic rings. The number of hydrogen-bond acceptors (Lipinski definition) is 4. The van der Waals surface area contributed by atoms with Gasteiger partial charge in [0, 0.05) is 39.5 Å². The van der Waals surface area contributed by atoms with Crippen LogP contribution in [0.3, 0.4) is 0 Å². The number of nitro groups is 1. The van der Waals surface area contributed by atoms with Crippen LogP contribution >= 0.6 is 0 Å². The first kappa shape index (κ1) is 19.1. The summed E-state index contributed by atoms with van der Waals surface area (Å²) in [6, 6.07) is 2.53. The first-order chi connectivity index (χ1) is 10.5. The molecule has 128 valence electrons. The van der Waals surface area contributed by atoms with Crippen LogP contribution in [0.25, 0.3) is 0 Å². The summed E-state index contributed by atoms with van der Waals surface area (Å²) in [5.41, 5.74) is 1.62. The normalized spacial score (nSPS) is 12.6. The molecule has 1 atom stereocenters. The molecule has 0 saturated heterocycles. The average molecular weight is 341 g/mol. The van der Waals surface area contributed by atoms with Crippen molar-refractivity contribution in [2.45, 2.75) is 39.4 Å². The fourth-order valence-corrected chi connectivity index (χ4v) is 2.80. The number of amides is 2. The van der Waals surface area contributed by atoms with Gasteiger partial charge in [0.1, 0.15) is 0 Å². The summed E-state index contributed by atoms with van der Waals surface area (Å²) in [6.45, 7) is 9.30. The molecular weight excluding hydrogens is 318 g/mol. The molecule has 0 bridgehead atoms. The highest BCUT2D eigenvalue weighted by atomic mass is 32.2. The number of rotatable bonds is 5. The molecule has 0 heterocycles. The molecule has 2 N–H and O–H groups in total. The van der Waals surface area contributed by atoms with E-state index in [-0.39, 0.29) is 17.0 Å². The van der Waals surface area contributed by atoms with Crippen LogP contribution in [-0.4, -0.2) is 32.2 Å². The summed E-state index contributed by atoms with van der Waals surface area (Å²) in [5, 5.41) is 16.2. The molecule has 1 unspecified atom stereocenters. The number of carbonyl (C=O) groups is 1. The molecule has 0 aromatic heterocycles. The Bertz CT molecular complexity index is 638. The maximum absolute atomic E-state index is 11.9. The van der Waals surface area contributed by atoms with Crippen molar-refractivity contribution in [2.75, 3.05) is 17.6 Å². The number of carbonyl (C=O) groups excluding carboxylic acids is 1. The molecule has 0 saturated carbocycles. The number of urea groups is 1. The van der Waals surface area contributed by atoms with E-state index in [1.165, 1.54) is 6.07 Å². The topological polar surface area (TPSA) is 101 Å². The Morgan fingerprint density at radius 2 is 1.87 bits per heavy atom. The predicted octanol–water partition coefficient (Wildman–Crippen LogP) is 2.88. The Morgan fingerprint density at radius 1 is 1.26 bits per heavy atom. The summed E-state index contributed by atoms with van der Waals surface area (Å²) in [4.78, 5) is 22.3. The molecule has 0 radical (unpaired) electrons. The van der Waals surface area contributed by atoms with Crippen molar-refractivity contribution in [3.8, 4) is 0 Å². The van der Waals surface area contributed by atoms with Crippen molar-refractivity contribution < 1.29 is 13.9 Å². The lowest BCUT2D eigenvalue weighted by molar-refractivity contribution is -0.385. The SMILES string of the molecule is Cc1cc(C)c([N+](=O)[O-])cc1NC(=O)NCCS(=O)C(C)(C)C. The molecule has 0 aliphatic heterocycles. The van der Waals surface area contributed by atoms with Gasteiger partial charge in [-0.3, -0.25) is 14.3 Å². The number of aryl methyl sites for hydroxylation is 2. The van der Waals surface area contributed by atoms with Crippen molar-refractivity contribution in [3.05, 3.63) is 33.4 Å². The molecule has 8 heteroatoms. The van der Waals surface area contributed by atoms with E-state index >= 15 is 0 Å². The number of anilines is 1. The van der Waals surface area contributed by atoms with Crippen LogP contribution in [0.15, 0.2) is 12.1 Å². The second kappa shape index (κ2) is 7.54. The van der Waals surface area contributed by atoms with Crippen molar-refractivity contribution >= 4 is 28.2 Å². The first-order valence-corrected chi connectivity index (χ1v) is 8.53. The van der Waals surface area contributed by atoms with Crippen LogP contribution in [0.4, 0.5) is 16.2 Å². The number of hydrogen-bond donors (Lipinski definition) is 2. The highest BCUT2D eigenvalue weighted by Gasteiger charge is 2.19. The Hall–Kier alpha value is -1.96. The zero-order valence-corrected chi connectivity index (χ0v) is 14.9. The van der Waals surface area contributed by atoms with Gasteiger partial charge in [-0.2, -0.15) is 0 Å². The van der Waals surface area contributed by atoms with Crippen LogP contribution in [0.2, 0.25) is 0 Å². The van der Waals surface area contributed by atoms with E-state index in [0.717, 1.165) is 5.56 Å². The molecule has 0 aliphatic rings. The molecular formula is C15H23N3O4S. The van der Waals surface area contributed by atoms with E-state index in [1.54, 1.807) is 19.9 Å². The maximum Gasteiger partial charge on any atom is 0.319 e. The van der Waals surface area contributed by atoms with Gasteiger partial charge in [0.25, 0.3) is 5.69 Å². The third-order valence-electron chi connectivity index (χ3n) is 3.24. The van der Waals surface area contributed by atoms with Gasteiger partial charge in [-0.25, -0.2) is 4.79 Å². The zero-order valence-electron chi connectivity index (χ0n) is 14.1. The lowest BCUT2D eigenvalue weighted by Crippen LogP contribution is -2.35. The van der Waals surface area contributed by atoms with Crippen molar-refractivity contribution in [2.24, 2.45) is 0 Å². The van der Waals surface area contributed by atoms with Gasteiger partial charge in [0.05, 0.1) is 10.6 Å². The van der Waals surface area contributed by atoms with E-state index < -0.39 is 21.8 Å². The fraction of sp³-hybridized carbons (Fsp3) is 0.533. The van der Waals surface area contributed by atoms with E-state index in [2.05, 4.69) is 10.6 Å². The molecule has 2 amide bonds. The lowest BCUT2D eigenvalue weighted by atomic mass is 10.1. The third kappa shape index (κ3) is 5.63. The smallest absolute Gasteiger partial charge is 0.319 e. The number of nitro benzene ring substituents is 1. The predicted molar refractivity (Wildman–Crippen MR) is 92.4 cm³/mol.